The highest BCUT2D eigenvalue weighted by Gasteiger charge is 2.41. The van der Waals surface area contributed by atoms with E-state index < -0.39 is 14.6 Å². The van der Waals surface area contributed by atoms with Crippen molar-refractivity contribution in [2.45, 2.75) is 50.8 Å². The lowest BCUT2D eigenvalue weighted by Gasteiger charge is -2.40. The van der Waals surface area contributed by atoms with Crippen molar-refractivity contribution < 1.29 is 8.42 Å². The van der Waals surface area contributed by atoms with Gasteiger partial charge in [0, 0.05) is 32.7 Å². The van der Waals surface area contributed by atoms with Crippen LogP contribution in [0.25, 0.3) is 0 Å². The maximum Gasteiger partial charge on any atom is 0.193 e. The predicted molar refractivity (Wildman–Crippen MR) is 95.7 cm³/mol. The number of aliphatic imine (C=N–C) groups is 1. The number of rotatable bonds is 3. The van der Waals surface area contributed by atoms with E-state index in [9.17, 15) is 8.42 Å². The molecule has 2 heterocycles. The molecular formula is C16H32N4O2S. The molecule has 7 heteroatoms. The average Bonchev–Trinajstić information content (AvgIpc) is 2.51. The van der Waals surface area contributed by atoms with Crippen LogP contribution in [0.4, 0.5) is 0 Å². The topological polar surface area (TPSA) is 65.0 Å². The summed E-state index contributed by atoms with van der Waals surface area (Å²) in [6.45, 7) is 9.99. The Morgan fingerprint density at radius 2 is 2.04 bits per heavy atom. The molecule has 0 saturated carbocycles. The Morgan fingerprint density at radius 3 is 2.65 bits per heavy atom. The van der Waals surface area contributed by atoms with E-state index in [4.69, 9.17) is 0 Å². The maximum absolute atomic E-state index is 12.2. The van der Waals surface area contributed by atoms with Gasteiger partial charge in [0.1, 0.15) is 0 Å². The molecule has 0 spiro atoms. The third-order valence-electron chi connectivity index (χ3n) is 5.21. The molecule has 0 radical (unpaired) electrons. The zero-order valence-corrected chi connectivity index (χ0v) is 15.8. The van der Waals surface area contributed by atoms with Crippen LogP contribution in [0.3, 0.4) is 0 Å². The van der Waals surface area contributed by atoms with Gasteiger partial charge in [-0.3, -0.25) is 9.89 Å². The number of guanidine groups is 1. The normalized spacial score (nSPS) is 28.6. The SMILES string of the molecule is CCN1CCCCC1CNC(=NC)N1CCS(=O)(=O)C(C)(C)C1. The van der Waals surface area contributed by atoms with Crippen molar-refractivity contribution in [1.82, 2.24) is 15.1 Å². The summed E-state index contributed by atoms with van der Waals surface area (Å²) in [5.41, 5.74) is 0. The van der Waals surface area contributed by atoms with Gasteiger partial charge in [0.2, 0.25) is 0 Å². The van der Waals surface area contributed by atoms with E-state index in [2.05, 4.69) is 27.0 Å². The van der Waals surface area contributed by atoms with Crippen molar-refractivity contribution in [3.63, 3.8) is 0 Å². The minimum Gasteiger partial charge on any atom is -0.355 e. The predicted octanol–water partition coefficient (Wildman–Crippen LogP) is 0.945. The van der Waals surface area contributed by atoms with Crippen molar-refractivity contribution >= 4 is 15.8 Å². The second-order valence-corrected chi connectivity index (χ2v) is 9.95. The maximum atomic E-state index is 12.2. The van der Waals surface area contributed by atoms with Gasteiger partial charge < -0.3 is 10.2 Å². The zero-order valence-electron chi connectivity index (χ0n) is 15.0. The van der Waals surface area contributed by atoms with E-state index in [0.29, 0.717) is 19.1 Å². The van der Waals surface area contributed by atoms with Crippen LogP contribution in [-0.2, 0) is 9.84 Å². The summed E-state index contributed by atoms with van der Waals surface area (Å²) in [5, 5.41) is 3.48. The first-order valence-electron chi connectivity index (χ1n) is 8.72. The number of hydrogen-bond acceptors (Lipinski definition) is 4. The van der Waals surface area contributed by atoms with Crippen LogP contribution in [-0.4, -0.2) is 80.5 Å². The fraction of sp³-hybridized carbons (Fsp3) is 0.938. The van der Waals surface area contributed by atoms with Gasteiger partial charge >= 0.3 is 0 Å². The third kappa shape index (κ3) is 4.18. The largest absolute Gasteiger partial charge is 0.355 e. The molecule has 2 fully saturated rings. The second-order valence-electron chi connectivity index (χ2n) is 7.21. The number of likely N-dealkylation sites (tertiary alicyclic amines) is 1. The lowest BCUT2D eigenvalue weighted by molar-refractivity contribution is 0.156. The summed E-state index contributed by atoms with van der Waals surface area (Å²) in [6.07, 6.45) is 3.80. The molecule has 2 rings (SSSR count). The Morgan fingerprint density at radius 1 is 1.30 bits per heavy atom. The second kappa shape index (κ2) is 7.38. The standard InChI is InChI=1S/C16H32N4O2S/c1-5-19-9-7-6-8-14(19)12-18-15(17-4)20-10-11-23(21,22)16(2,3)13-20/h14H,5-13H2,1-4H3,(H,17,18). The van der Waals surface area contributed by atoms with Crippen LogP contribution in [0.1, 0.15) is 40.0 Å². The highest BCUT2D eigenvalue weighted by molar-refractivity contribution is 7.92. The van der Waals surface area contributed by atoms with E-state index in [1.165, 1.54) is 25.8 Å². The van der Waals surface area contributed by atoms with Crippen molar-refractivity contribution in [2.75, 3.05) is 45.5 Å². The first kappa shape index (κ1) is 18.5. The van der Waals surface area contributed by atoms with Gasteiger partial charge in [-0.1, -0.05) is 13.3 Å². The van der Waals surface area contributed by atoms with E-state index in [1.54, 1.807) is 7.05 Å². The molecule has 0 bridgehead atoms. The fourth-order valence-corrected chi connectivity index (χ4v) is 4.94. The van der Waals surface area contributed by atoms with Crippen LogP contribution in [0, 0.1) is 0 Å². The van der Waals surface area contributed by atoms with E-state index in [0.717, 1.165) is 19.0 Å². The molecule has 0 aliphatic carbocycles. The van der Waals surface area contributed by atoms with E-state index in [-0.39, 0.29) is 5.75 Å². The number of likely N-dealkylation sites (N-methyl/N-ethyl adjacent to an activating group) is 1. The zero-order chi connectivity index (χ0) is 17.1. The number of sulfone groups is 1. The number of nitrogens with zero attached hydrogens (tertiary/aromatic N) is 3. The molecule has 2 saturated heterocycles. The van der Waals surface area contributed by atoms with Gasteiger partial charge in [-0.05, 0) is 39.8 Å². The van der Waals surface area contributed by atoms with Gasteiger partial charge in [-0.2, -0.15) is 0 Å². The summed E-state index contributed by atoms with van der Waals surface area (Å²) < 4.78 is 23.6. The minimum atomic E-state index is -3.02. The summed E-state index contributed by atoms with van der Waals surface area (Å²) in [5.74, 6) is 1.03. The minimum absolute atomic E-state index is 0.200. The fourth-order valence-electron chi connectivity index (χ4n) is 3.57. The van der Waals surface area contributed by atoms with E-state index in [1.807, 2.05) is 13.8 Å². The molecule has 23 heavy (non-hydrogen) atoms. The summed E-state index contributed by atoms with van der Waals surface area (Å²) in [6, 6.07) is 0.548. The van der Waals surface area contributed by atoms with Crippen LogP contribution >= 0.6 is 0 Å². The summed E-state index contributed by atoms with van der Waals surface area (Å²) in [4.78, 5) is 8.98. The van der Waals surface area contributed by atoms with Crippen molar-refractivity contribution in [1.29, 1.82) is 0 Å². The molecule has 2 aliphatic heterocycles. The number of nitrogens with one attached hydrogen (secondary N) is 1. The molecule has 134 valence electrons. The van der Waals surface area contributed by atoms with Crippen molar-refractivity contribution in [2.24, 2.45) is 4.99 Å². The monoisotopic (exact) mass is 344 g/mol. The number of hydrogen-bond donors (Lipinski definition) is 1. The first-order valence-corrected chi connectivity index (χ1v) is 10.4. The third-order valence-corrected chi connectivity index (χ3v) is 7.74. The molecule has 1 atom stereocenters. The molecule has 0 amide bonds. The lowest BCUT2D eigenvalue weighted by Crippen LogP contribution is -2.58. The molecule has 1 unspecified atom stereocenters. The van der Waals surface area contributed by atoms with Crippen molar-refractivity contribution in [3.8, 4) is 0 Å². The Bertz CT molecular complexity index is 530. The van der Waals surface area contributed by atoms with Gasteiger partial charge in [0.15, 0.2) is 15.8 Å². The summed E-state index contributed by atoms with van der Waals surface area (Å²) >= 11 is 0. The molecule has 0 aromatic rings. The lowest BCUT2D eigenvalue weighted by atomic mass is 10.0. The van der Waals surface area contributed by atoms with Gasteiger partial charge in [-0.15, -0.1) is 0 Å². The Balaban J connectivity index is 1.96. The van der Waals surface area contributed by atoms with Crippen LogP contribution in [0.5, 0.6) is 0 Å². The molecular weight excluding hydrogens is 312 g/mol. The van der Waals surface area contributed by atoms with E-state index >= 15 is 0 Å². The van der Waals surface area contributed by atoms with Crippen LogP contribution < -0.4 is 5.32 Å². The highest BCUT2D eigenvalue weighted by atomic mass is 32.2. The summed E-state index contributed by atoms with van der Waals surface area (Å²) in [7, 11) is -1.24. The molecule has 6 nitrogen and oxygen atoms in total. The molecule has 0 aromatic carbocycles. The molecule has 0 aromatic heterocycles. The van der Waals surface area contributed by atoms with Crippen LogP contribution in [0.15, 0.2) is 4.99 Å². The Kier molecular flexibility index (Phi) is 5.94. The first-order chi connectivity index (χ1) is 10.8. The van der Waals surface area contributed by atoms with Gasteiger partial charge in [0.25, 0.3) is 0 Å². The quantitative estimate of drug-likeness (QED) is 0.610. The van der Waals surface area contributed by atoms with Gasteiger partial charge in [-0.25, -0.2) is 8.42 Å². The smallest absolute Gasteiger partial charge is 0.193 e. The van der Waals surface area contributed by atoms with Gasteiger partial charge in [0.05, 0.1) is 10.5 Å². The Labute approximate surface area is 141 Å². The molecule has 2 aliphatic rings. The van der Waals surface area contributed by atoms with Crippen molar-refractivity contribution in [3.05, 3.63) is 0 Å². The Hall–Kier alpha value is -0.820. The number of piperidine rings is 1. The average molecular weight is 345 g/mol. The highest BCUT2D eigenvalue weighted by Crippen LogP contribution is 2.23. The molecule has 1 N–H and O–H groups in total. The van der Waals surface area contributed by atoms with Crippen LogP contribution in [0.2, 0.25) is 0 Å².